The Morgan fingerprint density at radius 2 is 2.29 bits per heavy atom. The highest BCUT2D eigenvalue weighted by Gasteiger charge is 2.10. The van der Waals surface area contributed by atoms with Crippen molar-refractivity contribution >= 4 is 12.0 Å². The molecule has 17 heavy (non-hydrogen) atoms. The van der Waals surface area contributed by atoms with Gasteiger partial charge in [0, 0.05) is 25.8 Å². The van der Waals surface area contributed by atoms with Crippen molar-refractivity contribution in [2.45, 2.75) is 0 Å². The summed E-state index contributed by atoms with van der Waals surface area (Å²) in [6.45, 7) is 5.24. The summed E-state index contributed by atoms with van der Waals surface area (Å²) in [5.41, 5.74) is 0.782. The van der Waals surface area contributed by atoms with Crippen molar-refractivity contribution in [3.8, 4) is 0 Å². The zero-order valence-corrected chi connectivity index (χ0v) is 9.86. The third-order valence-corrected chi connectivity index (χ3v) is 2.36. The topological polar surface area (TPSA) is 29.5 Å². The Morgan fingerprint density at radius 1 is 1.53 bits per heavy atom. The minimum Gasteiger partial charge on any atom is -0.383 e. The molecule has 0 saturated heterocycles. The third-order valence-electron chi connectivity index (χ3n) is 2.36. The van der Waals surface area contributed by atoms with Crippen LogP contribution in [0.2, 0.25) is 0 Å². The van der Waals surface area contributed by atoms with Crippen molar-refractivity contribution in [3.63, 3.8) is 0 Å². The molecular formula is C13H16FNO2. The number of rotatable bonds is 7. The van der Waals surface area contributed by atoms with Gasteiger partial charge in [0.1, 0.15) is 12.1 Å². The molecule has 0 heterocycles. The molecule has 0 spiro atoms. The quantitative estimate of drug-likeness (QED) is 0.538. The number of halogens is 1. The Labute approximate surface area is 100 Å². The van der Waals surface area contributed by atoms with E-state index in [1.807, 2.05) is 0 Å². The second kappa shape index (κ2) is 6.81. The molecule has 3 nitrogen and oxygen atoms in total. The van der Waals surface area contributed by atoms with E-state index in [0.29, 0.717) is 37.2 Å². The molecule has 0 N–H and O–H groups in total. The van der Waals surface area contributed by atoms with Crippen LogP contribution in [0.5, 0.6) is 0 Å². The van der Waals surface area contributed by atoms with Crippen molar-refractivity contribution in [1.82, 2.24) is 0 Å². The summed E-state index contributed by atoms with van der Waals surface area (Å²) >= 11 is 0. The van der Waals surface area contributed by atoms with E-state index in [1.165, 1.54) is 6.07 Å². The Kier molecular flexibility index (Phi) is 5.36. The third kappa shape index (κ3) is 3.67. The van der Waals surface area contributed by atoms with E-state index in [1.54, 1.807) is 30.2 Å². The largest absolute Gasteiger partial charge is 0.383 e. The zero-order chi connectivity index (χ0) is 12.7. The molecule has 4 heteroatoms. The molecule has 0 saturated carbocycles. The van der Waals surface area contributed by atoms with Crippen molar-refractivity contribution in [1.29, 1.82) is 0 Å². The Morgan fingerprint density at radius 3 is 2.82 bits per heavy atom. The maximum Gasteiger partial charge on any atom is 0.150 e. The molecule has 0 unspecified atom stereocenters. The number of nitrogens with zero attached hydrogens (tertiary/aromatic N) is 1. The highest BCUT2D eigenvalue weighted by molar-refractivity contribution is 5.76. The number of aldehydes is 1. The van der Waals surface area contributed by atoms with Crippen molar-refractivity contribution in [2.75, 3.05) is 31.7 Å². The summed E-state index contributed by atoms with van der Waals surface area (Å²) in [4.78, 5) is 12.3. The highest BCUT2D eigenvalue weighted by Crippen LogP contribution is 2.19. The Bertz CT molecular complexity index is 393. The molecule has 0 atom stereocenters. The first-order valence-electron chi connectivity index (χ1n) is 5.32. The first kappa shape index (κ1) is 13.4. The molecule has 0 radical (unpaired) electrons. The van der Waals surface area contributed by atoms with Gasteiger partial charge in [-0.25, -0.2) is 4.39 Å². The van der Waals surface area contributed by atoms with Gasteiger partial charge in [-0.2, -0.15) is 0 Å². The normalized spacial score (nSPS) is 10.0. The Hall–Kier alpha value is -1.68. The first-order valence-corrected chi connectivity index (χ1v) is 5.32. The molecule has 0 fully saturated rings. The summed E-state index contributed by atoms with van der Waals surface area (Å²) in [7, 11) is 1.60. The van der Waals surface area contributed by atoms with Gasteiger partial charge in [-0.05, 0) is 18.2 Å². The average molecular weight is 237 g/mol. The second-order valence-corrected chi connectivity index (χ2v) is 3.56. The van der Waals surface area contributed by atoms with Crippen LogP contribution in [-0.2, 0) is 4.74 Å². The van der Waals surface area contributed by atoms with Crippen LogP contribution in [-0.4, -0.2) is 33.1 Å². The maximum atomic E-state index is 13.8. The molecule has 0 aliphatic heterocycles. The molecule has 0 aliphatic carbocycles. The predicted molar refractivity (Wildman–Crippen MR) is 66.1 cm³/mol. The molecule has 1 aromatic rings. The molecular weight excluding hydrogens is 221 g/mol. The lowest BCUT2D eigenvalue weighted by Crippen LogP contribution is -2.28. The van der Waals surface area contributed by atoms with E-state index in [4.69, 9.17) is 4.74 Å². The highest BCUT2D eigenvalue weighted by atomic mass is 19.1. The summed E-state index contributed by atoms with van der Waals surface area (Å²) in [6.07, 6.45) is 2.32. The predicted octanol–water partition coefficient (Wildman–Crippen LogP) is 2.28. The van der Waals surface area contributed by atoms with Gasteiger partial charge in [-0.15, -0.1) is 6.58 Å². The number of ether oxygens (including phenoxy) is 1. The monoisotopic (exact) mass is 237 g/mol. The SMILES string of the molecule is C=CCN(CCOC)c1ccc(C=O)cc1F. The van der Waals surface area contributed by atoms with Crippen LogP contribution in [0.3, 0.4) is 0 Å². The standard InChI is InChI=1S/C13H16FNO2/c1-3-6-15(7-8-17-2)13-5-4-11(10-16)9-12(13)14/h3-5,9-10H,1,6-8H2,2H3. The van der Waals surface area contributed by atoms with E-state index in [9.17, 15) is 9.18 Å². The fourth-order valence-electron chi connectivity index (χ4n) is 1.52. The average Bonchev–Trinajstić information content (AvgIpc) is 2.34. The van der Waals surface area contributed by atoms with Gasteiger partial charge >= 0.3 is 0 Å². The zero-order valence-electron chi connectivity index (χ0n) is 9.86. The van der Waals surface area contributed by atoms with Gasteiger partial charge in [0.25, 0.3) is 0 Å². The molecule has 0 aliphatic rings. The van der Waals surface area contributed by atoms with Gasteiger partial charge in [-0.1, -0.05) is 6.08 Å². The summed E-state index contributed by atoms with van der Waals surface area (Å²) < 4.78 is 18.7. The van der Waals surface area contributed by atoms with Crippen LogP contribution >= 0.6 is 0 Å². The van der Waals surface area contributed by atoms with Crippen LogP contribution < -0.4 is 4.90 Å². The van der Waals surface area contributed by atoms with Gasteiger partial charge in [0.05, 0.1) is 12.3 Å². The van der Waals surface area contributed by atoms with Crippen LogP contribution in [0.15, 0.2) is 30.9 Å². The molecule has 0 amide bonds. The number of carbonyl (C=O) groups is 1. The van der Waals surface area contributed by atoms with Gasteiger partial charge in [-0.3, -0.25) is 4.79 Å². The number of benzene rings is 1. The van der Waals surface area contributed by atoms with Crippen molar-refractivity contribution in [2.24, 2.45) is 0 Å². The summed E-state index contributed by atoms with van der Waals surface area (Å²) in [5, 5.41) is 0. The minimum absolute atomic E-state index is 0.330. The van der Waals surface area contributed by atoms with Crippen LogP contribution in [0, 0.1) is 5.82 Å². The van der Waals surface area contributed by atoms with E-state index in [-0.39, 0.29) is 0 Å². The van der Waals surface area contributed by atoms with Gasteiger partial charge in [0.2, 0.25) is 0 Å². The summed E-state index contributed by atoms with van der Waals surface area (Å²) in [5.74, 6) is -0.410. The number of methoxy groups -OCH3 is 1. The fraction of sp³-hybridized carbons (Fsp3) is 0.308. The molecule has 92 valence electrons. The molecule has 0 bridgehead atoms. The van der Waals surface area contributed by atoms with E-state index in [0.717, 1.165) is 0 Å². The lowest BCUT2D eigenvalue weighted by molar-refractivity contribution is 0.112. The number of hydrogen-bond donors (Lipinski definition) is 0. The van der Waals surface area contributed by atoms with E-state index in [2.05, 4.69) is 6.58 Å². The van der Waals surface area contributed by atoms with Gasteiger partial charge < -0.3 is 9.64 Å². The van der Waals surface area contributed by atoms with Crippen LogP contribution in [0.25, 0.3) is 0 Å². The van der Waals surface area contributed by atoms with Crippen molar-refractivity contribution < 1.29 is 13.9 Å². The second-order valence-electron chi connectivity index (χ2n) is 3.56. The maximum absolute atomic E-state index is 13.8. The Balaban J connectivity index is 2.92. The fourth-order valence-corrected chi connectivity index (χ4v) is 1.52. The van der Waals surface area contributed by atoms with E-state index < -0.39 is 5.82 Å². The lowest BCUT2D eigenvalue weighted by Gasteiger charge is -2.23. The number of hydrogen-bond acceptors (Lipinski definition) is 3. The number of carbonyl (C=O) groups excluding carboxylic acids is 1. The summed E-state index contributed by atoms with van der Waals surface area (Å²) in [6, 6.07) is 4.41. The van der Waals surface area contributed by atoms with Gasteiger partial charge in [0.15, 0.2) is 0 Å². The van der Waals surface area contributed by atoms with Crippen molar-refractivity contribution in [3.05, 3.63) is 42.2 Å². The number of anilines is 1. The molecule has 0 aromatic heterocycles. The lowest BCUT2D eigenvalue weighted by atomic mass is 10.2. The molecule has 1 aromatic carbocycles. The minimum atomic E-state index is -0.410. The smallest absolute Gasteiger partial charge is 0.150 e. The van der Waals surface area contributed by atoms with Crippen LogP contribution in [0.1, 0.15) is 10.4 Å². The first-order chi connectivity index (χ1) is 8.22. The molecule has 1 rings (SSSR count). The van der Waals surface area contributed by atoms with E-state index >= 15 is 0 Å². The van der Waals surface area contributed by atoms with Crippen LogP contribution in [0.4, 0.5) is 10.1 Å².